The molecule has 1 heterocycles. The van der Waals surface area contributed by atoms with Gasteiger partial charge < -0.3 is 0 Å². The molecule has 1 aromatic rings. The summed E-state index contributed by atoms with van der Waals surface area (Å²) >= 11 is 0. The second kappa shape index (κ2) is 3.62. The Hall–Kier alpha value is -1.85. The first kappa shape index (κ1) is 10.7. The number of nitrogens with zero attached hydrogens (tertiary/aromatic N) is 3. The molecule has 0 aliphatic carbocycles. The Morgan fingerprint density at radius 1 is 1.00 bits per heavy atom. The molecule has 3 nitrogen and oxygen atoms in total. The van der Waals surface area contributed by atoms with Crippen molar-refractivity contribution in [2.45, 2.75) is 13.1 Å². The molecule has 0 atom stereocenters. The Morgan fingerprint density at radius 3 is 2.06 bits per heavy atom. The van der Waals surface area contributed by atoms with E-state index in [0.717, 1.165) is 12.1 Å². The first-order valence-electron chi connectivity index (χ1n) is 4.48. The molecule has 0 N–H and O–H groups in total. The van der Waals surface area contributed by atoms with Gasteiger partial charge in [-0.25, -0.2) is 5.32 Å². The zero-order valence-electron chi connectivity index (χ0n) is 8.28. The van der Waals surface area contributed by atoms with Gasteiger partial charge in [-0.05, 0) is 19.1 Å². The SMILES string of the molecule is CC1=NN=C(c2ccc(C(F)(F)F)cc2)[N]1. The van der Waals surface area contributed by atoms with Gasteiger partial charge >= 0.3 is 6.18 Å². The number of alkyl halides is 3. The van der Waals surface area contributed by atoms with Gasteiger partial charge in [0.1, 0.15) is 5.84 Å². The smallest absolute Gasteiger partial charge is 0.210 e. The van der Waals surface area contributed by atoms with Crippen LogP contribution in [0.3, 0.4) is 0 Å². The quantitative estimate of drug-likeness (QED) is 0.705. The molecule has 2 rings (SSSR count). The van der Waals surface area contributed by atoms with E-state index in [1.54, 1.807) is 6.92 Å². The highest BCUT2D eigenvalue weighted by Crippen LogP contribution is 2.29. The number of hydrogen-bond acceptors (Lipinski definition) is 2. The van der Waals surface area contributed by atoms with Crippen molar-refractivity contribution in [2.75, 3.05) is 0 Å². The maximum absolute atomic E-state index is 12.3. The maximum atomic E-state index is 12.3. The van der Waals surface area contributed by atoms with Gasteiger partial charge in [0.05, 0.1) is 5.56 Å². The van der Waals surface area contributed by atoms with Crippen LogP contribution in [0.25, 0.3) is 0 Å². The number of benzene rings is 1. The van der Waals surface area contributed by atoms with Crippen LogP contribution in [0.4, 0.5) is 13.2 Å². The Bertz CT molecular complexity index is 457. The third kappa shape index (κ3) is 2.05. The third-order valence-electron chi connectivity index (χ3n) is 2.03. The normalized spacial score (nSPS) is 15.5. The van der Waals surface area contributed by atoms with E-state index in [4.69, 9.17) is 0 Å². The summed E-state index contributed by atoms with van der Waals surface area (Å²) in [6.07, 6.45) is -4.32. The first-order chi connectivity index (χ1) is 7.47. The van der Waals surface area contributed by atoms with Crippen LogP contribution < -0.4 is 5.32 Å². The first-order valence-corrected chi connectivity index (χ1v) is 4.48. The molecule has 1 aliphatic rings. The van der Waals surface area contributed by atoms with Gasteiger partial charge in [-0.3, -0.25) is 0 Å². The summed E-state index contributed by atoms with van der Waals surface area (Å²) in [7, 11) is 0. The molecule has 1 aromatic carbocycles. The highest BCUT2D eigenvalue weighted by atomic mass is 19.4. The monoisotopic (exact) mass is 226 g/mol. The topological polar surface area (TPSA) is 38.8 Å². The van der Waals surface area contributed by atoms with Crippen LogP contribution >= 0.6 is 0 Å². The van der Waals surface area contributed by atoms with Crippen molar-refractivity contribution < 1.29 is 13.2 Å². The van der Waals surface area contributed by atoms with E-state index in [9.17, 15) is 13.2 Å². The predicted octanol–water partition coefficient (Wildman–Crippen LogP) is 2.40. The minimum absolute atomic E-state index is 0.339. The van der Waals surface area contributed by atoms with Gasteiger partial charge in [0.2, 0.25) is 0 Å². The van der Waals surface area contributed by atoms with E-state index in [1.807, 2.05) is 0 Å². The van der Waals surface area contributed by atoms with E-state index in [1.165, 1.54) is 12.1 Å². The highest BCUT2D eigenvalue weighted by Gasteiger charge is 2.30. The molecule has 83 valence electrons. The Labute approximate surface area is 89.7 Å². The second-order valence-electron chi connectivity index (χ2n) is 3.26. The summed E-state index contributed by atoms with van der Waals surface area (Å²) in [5, 5.41) is 11.4. The zero-order chi connectivity index (χ0) is 11.8. The summed E-state index contributed by atoms with van der Waals surface area (Å²) in [5.41, 5.74) is -0.166. The van der Waals surface area contributed by atoms with Crippen molar-refractivity contribution >= 4 is 11.7 Å². The summed E-state index contributed by atoms with van der Waals surface area (Å²) in [4.78, 5) is 0. The Balaban J connectivity index is 2.21. The molecule has 0 fully saturated rings. The van der Waals surface area contributed by atoms with Gasteiger partial charge in [-0.15, -0.1) is 10.2 Å². The molecular formula is C10H7F3N3. The van der Waals surface area contributed by atoms with Crippen LogP contribution in [0, 0.1) is 0 Å². The molecule has 0 bridgehead atoms. The molecule has 0 aromatic heterocycles. The van der Waals surface area contributed by atoms with Gasteiger partial charge in [0.25, 0.3) is 0 Å². The molecule has 0 unspecified atom stereocenters. The average molecular weight is 226 g/mol. The van der Waals surface area contributed by atoms with Crippen LogP contribution in [0.15, 0.2) is 34.5 Å². The molecule has 0 amide bonds. The molecule has 0 saturated carbocycles. The summed E-state index contributed by atoms with van der Waals surface area (Å²) in [6, 6.07) is 4.67. The average Bonchev–Trinajstić information content (AvgIpc) is 2.64. The highest BCUT2D eigenvalue weighted by molar-refractivity contribution is 6.10. The van der Waals surface area contributed by atoms with Gasteiger partial charge in [-0.1, -0.05) is 12.1 Å². The lowest BCUT2D eigenvalue weighted by molar-refractivity contribution is -0.137. The van der Waals surface area contributed by atoms with Gasteiger partial charge in [0.15, 0.2) is 5.84 Å². The predicted molar refractivity (Wildman–Crippen MR) is 53.2 cm³/mol. The van der Waals surface area contributed by atoms with E-state index in [-0.39, 0.29) is 0 Å². The van der Waals surface area contributed by atoms with Crippen molar-refractivity contribution in [3.05, 3.63) is 35.4 Å². The van der Waals surface area contributed by atoms with Crippen LogP contribution in [0.1, 0.15) is 18.1 Å². The minimum atomic E-state index is -4.32. The van der Waals surface area contributed by atoms with Crippen LogP contribution in [0.5, 0.6) is 0 Å². The van der Waals surface area contributed by atoms with E-state index in [0.29, 0.717) is 17.2 Å². The molecule has 16 heavy (non-hydrogen) atoms. The standard InChI is InChI=1S/C10H7F3N3/c1-6-14-9(16-15-6)7-2-4-8(5-3-7)10(11,12)13/h2-5H,1H3. The van der Waals surface area contributed by atoms with Crippen molar-refractivity contribution in [1.29, 1.82) is 0 Å². The maximum Gasteiger partial charge on any atom is 0.416 e. The van der Waals surface area contributed by atoms with E-state index >= 15 is 0 Å². The molecule has 1 radical (unpaired) electrons. The fourth-order valence-corrected chi connectivity index (χ4v) is 1.25. The third-order valence-corrected chi connectivity index (χ3v) is 2.03. The van der Waals surface area contributed by atoms with Crippen LogP contribution in [0.2, 0.25) is 0 Å². The van der Waals surface area contributed by atoms with Crippen molar-refractivity contribution in [3.8, 4) is 0 Å². The van der Waals surface area contributed by atoms with Crippen LogP contribution in [-0.2, 0) is 6.18 Å². The lowest BCUT2D eigenvalue weighted by Crippen LogP contribution is -2.16. The van der Waals surface area contributed by atoms with E-state index < -0.39 is 11.7 Å². The van der Waals surface area contributed by atoms with Gasteiger partial charge in [-0.2, -0.15) is 13.2 Å². The number of rotatable bonds is 1. The summed E-state index contributed by atoms with van der Waals surface area (Å²) in [5.74, 6) is 0.834. The number of halogens is 3. The lowest BCUT2D eigenvalue weighted by Gasteiger charge is -2.06. The largest absolute Gasteiger partial charge is 0.416 e. The molecular weight excluding hydrogens is 219 g/mol. The fraction of sp³-hybridized carbons (Fsp3) is 0.200. The number of amidine groups is 2. The molecule has 0 saturated heterocycles. The van der Waals surface area contributed by atoms with E-state index in [2.05, 4.69) is 15.5 Å². The molecule has 0 spiro atoms. The lowest BCUT2D eigenvalue weighted by atomic mass is 10.1. The van der Waals surface area contributed by atoms with Crippen molar-refractivity contribution in [1.82, 2.24) is 5.32 Å². The van der Waals surface area contributed by atoms with Gasteiger partial charge in [0, 0.05) is 5.56 Å². The van der Waals surface area contributed by atoms with Crippen molar-refractivity contribution in [2.24, 2.45) is 10.2 Å². The minimum Gasteiger partial charge on any atom is -0.210 e. The number of hydrogen-bond donors (Lipinski definition) is 0. The van der Waals surface area contributed by atoms with Crippen molar-refractivity contribution in [3.63, 3.8) is 0 Å². The van der Waals surface area contributed by atoms with Crippen LogP contribution in [-0.4, -0.2) is 11.7 Å². The summed E-state index contributed by atoms with van der Waals surface area (Å²) in [6.45, 7) is 1.67. The molecule has 6 heteroatoms. The summed E-state index contributed by atoms with van der Waals surface area (Å²) < 4.78 is 36.8. The Kier molecular flexibility index (Phi) is 2.41. The zero-order valence-corrected chi connectivity index (χ0v) is 8.28. The Morgan fingerprint density at radius 2 is 1.62 bits per heavy atom. The fourth-order valence-electron chi connectivity index (χ4n) is 1.25. The molecule has 1 aliphatic heterocycles. The second-order valence-corrected chi connectivity index (χ2v) is 3.26.